The molecule has 2 nitrogen and oxygen atoms in total. The molecule has 0 fully saturated rings. The topological polar surface area (TPSA) is 17.8 Å². The number of hydrogen-bond acceptors (Lipinski definition) is 1. The molecule has 0 bridgehead atoms. The number of rotatable bonds is 2. The Morgan fingerprint density at radius 2 is 1.90 bits per heavy atom. The third-order valence-corrected chi connectivity index (χ3v) is 4.80. The standard InChI is InChI=1S/C15H10BrCl3N2/c1-8(17)15-20-13-5-2-9(18)6-14(13)21(15)10-3-4-12(19)11(16)7-10/h2-8H,1H3. The molecule has 0 saturated carbocycles. The highest BCUT2D eigenvalue weighted by Crippen LogP contribution is 2.32. The summed E-state index contributed by atoms with van der Waals surface area (Å²) in [7, 11) is 0. The predicted octanol–water partition coefficient (Wildman–Crippen LogP) is 6.39. The maximum Gasteiger partial charge on any atom is 0.132 e. The lowest BCUT2D eigenvalue weighted by Gasteiger charge is -2.11. The van der Waals surface area contributed by atoms with Crippen LogP contribution in [0.3, 0.4) is 0 Å². The first-order valence-electron chi connectivity index (χ1n) is 6.25. The highest BCUT2D eigenvalue weighted by atomic mass is 79.9. The van der Waals surface area contributed by atoms with Crippen molar-refractivity contribution < 1.29 is 0 Å². The monoisotopic (exact) mass is 402 g/mol. The van der Waals surface area contributed by atoms with E-state index in [1.807, 2.05) is 47.9 Å². The molecule has 1 aromatic heterocycles. The van der Waals surface area contributed by atoms with E-state index in [-0.39, 0.29) is 5.38 Å². The fourth-order valence-electron chi connectivity index (χ4n) is 2.23. The van der Waals surface area contributed by atoms with Crippen LogP contribution in [0, 0.1) is 0 Å². The van der Waals surface area contributed by atoms with E-state index in [2.05, 4.69) is 20.9 Å². The van der Waals surface area contributed by atoms with Crippen molar-refractivity contribution in [2.24, 2.45) is 0 Å². The van der Waals surface area contributed by atoms with Crippen LogP contribution in [0.4, 0.5) is 0 Å². The Bertz CT molecular complexity index is 827. The summed E-state index contributed by atoms with van der Waals surface area (Å²) in [5, 5.41) is 1.08. The fourth-order valence-corrected chi connectivity index (χ4v) is 3.03. The molecule has 6 heteroatoms. The van der Waals surface area contributed by atoms with E-state index in [1.165, 1.54) is 0 Å². The number of benzene rings is 2. The lowest BCUT2D eigenvalue weighted by atomic mass is 10.2. The molecule has 0 amide bonds. The molecule has 0 aliphatic heterocycles. The lowest BCUT2D eigenvalue weighted by Crippen LogP contribution is -2.02. The van der Waals surface area contributed by atoms with Gasteiger partial charge in [-0.05, 0) is 59.3 Å². The van der Waals surface area contributed by atoms with Gasteiger partial charge in [0, 0.05) is 15.2 Å². The molecule has 0 N–H and O–H groups in total. The molecule has 0 aliphatic rings. The highest BCUT2D eigenvalue weighted by molar-refractivity contribution is 9.10. The average molecular weight is 405 g/mol. The normalized spacial score (nSPS) is 12.8. The van der Waals surface area contributed by atoms with Crippen LogP contribution < -0.4 is 0 Å². The Kier molecular flexibility index (Phi) is 4.19. The third-order valence-electron chi connectivity index (χ3n) is 3.16. The molecular formula is C15H10BrCl3N2. The predicted molar refractivity (Wildman–Crippen MR) is 93.1 cm³/mol. The molecule has 1 heterocycles. The van der Waals surface area contributed by atoms with E-state index in [4.69, 9.17) is 34.8 Å². The van der Waals surface area contributed by atoms with Crippen molar-refractivity contribution in [1.82, 2.24) is 9.55 Å². The Labute approximate surface area is 145 Å². The quantitative estimate of drug-likeness (QED) is 0.452. The first kappa shape index (κ1) is 15.2. The zero-order chi connectivity index (χ0) is 15.1. The number of alkyl halides is 1. The molecule has 1 unspecified atom stereocenters. The summed E-state index contributed by atoms with van der Waals surface area (Å²) in [6.07, 6.45) is 0. The molecule has 3 aromatic rings. The summed E-state index contributed by atoms with van der Waals surface area (Å²) in [4.78, 5) is 4.61. The summed E-state index contributed by atoms with van der Waals surface area (Å²) >= 11 is 21.9. The Morgan fingerprint density at radius 1 is 1.14 bits per heavy atom. The van der Waals surface area contributed by atoms with Crippen molar-refractivity contribution in [2.45, 2.75) is 12.3 Å². The van der Waals surface area contributed by atoms with E-state index in [9.17, 15) is 0 Å². The Morgan fingerprint density at radius 3 is 2.57 bits per heavy atom. The summed E-state index contributed by atoms with van der Waals surface area (Å²) in [5.41, 5.74) is 2.70. The van der Waals surface area contributed by atoms with Crippen molar-refractivity contribution in [3.63, 3.8) is 0 Å². The molecule has 0 aliphatic carbocycles. The van der Waals surface area contributed by atoms with Crippen LogP contribution in [-0.4, -0.2) is 9.55 Å². The molecule has 0 spiro atoms. The van der Waals surface area contributed by atoms with Gasteiger partial charge in [-0.25, -0.2) is 4.98 Å². The van der Waals surface area contributed by atoms with Crippen molar-refractivity contribution in [3.8, 4) is 5.69 Å². The Balaban J connectivity index is 2.35. The van der Waals surface area contributed by atoms with Gasteiger partial charge in [-0.3, -0.25) is 4.57 Å². The second-order valence-electron chi connectivity index (χ2n) is 4.65. The number of hydrogen-bond donors (Lipinski definition) is 0. The van der Waals surface area contributed by atoms with Gasteiger partial charge in [0.1, 0.15) is 5.82 Å². The van der Waals surface area contributed by atoms with E-state index in [0.29, 0.717) is 10.0 Å². The maximum atomic E-state index is 6.29. The van der Waals surface area contributed by atoms with E-state index < -0.39 is 0 Å². The molecule has 0 saturated heterocycles. The van der Waals surface area contributed by atoms with Gasteiger partial charge in [0.2, 0.25) is 0 Å². The lowest BCUT2D eigenvalue weighted by molar-refractivity contribution is 0.882. The third kappa shape index (κ3) is 2.80. The largest absolute Gasteiger partial charge is 0.295 e. The van der Waals surface area contributed by atoms with Gasteiger partial charge in [0.25, 0.3) is 0 Å². The van der Waals surface area contributed by atoms with Crippen LogP contribution in [0.2, 0.25) is 10.0 Å². The summed E-state index contributed by atoms with van der Waals surface area (Å²) in [5.74, 6) is 0.767. The summed E-state index contributed by atoms with van der Waals surface area (Å²) < 4.78 is 2.82. The molecule has 3 rings (SSSR count). The number of halogens is 4. The minimum atomic E-state index is -0.231. The van der Waals surface area contributed by atoms with Crippen LogP contribution in [0.1, 0.15) is 18.1 Å². The minimum absolute atomic E-state index is 0.231. The number of nitrogens with zero attached hydrogens (tertiary/aromatic N) is 2. The SMILES string of the molecule is CC(Cl)c1nc2ccc(Cl)cc2n1-c1ccc(Cl)c(Br)c1. The molecule has 108 valence electrons. The molecular weight excluding hydrogens is 394 g/mol. The number of fused-ring (bicyclic) bond motifs is 1. The fraction of sp³-hybridized carbons (Fsp3) is 0.133. The molecule has 0 radical (unpaired) electrons. The van der Waals surface area contributed by atoms with Crippen molar-refractivity contribution in [2.75, 3.05) is 0 Å². The van der Waals surface area contributed by atoms with Crippen LogP contribution in [-0.2, 0) is 0 Å². The smallest absolute Gasteiger partial charge is 0.132 e. The summed E-state index contributed by atoms with van der Waals surface area (Å²) in [6, 6.07) is 11.3. The number of aromatic nitrogens is 2. The first-order chi connectivity index (χ1) is 9.97. The average Bonchev–Trinajstić information content (AvgIpc) is 2.80. The van der Waals surface area contributed by atoms with E-state index in [0.717, 1.165) is 27.0 Å². The van der Waals surface area contributed by atoms with Crippen LogP contribution in [0.25, 0.3) is 16.7 Å². The van der Waals surface area contributed by atoms with Crippen LogP contribution >= 0.6 is 50.7 Å². The second kappa shape index (κ2) is 5.81. The Hall–Kier alpha value is -0.740. The zero-order valence-corrected chi connectivity index (χ0v) is 14.8. The van der Waals surface area contributed by atoms with E-state index >= 15 is 0 Å². The molecule has 21 heavy (non-hydrogen) atoms. The highest BCUT2D eigenvalue weighted by Gasteiger charge is 2.17. The second-order valence-corrected chi connectivity index (χ2v) is 7.01. The van der Waals surface area contributed by atoms with Gasteiger partial charge in [-0.15, -0.1) is 11.6 Å². The zero-order valence-electron chi connectivity index (χ0n) is 10.9. The van der Waals surface area contributed by atoms with Crippen LogP contribution in [0.5, 0.6) is 0 Å². The number of imidazole rings is 1. The van der Waals surface area contributed by atoms with Gasteiger partial charge in [-0.2, -0.15) is 0 Å². The van der Waals surface area contributed by atoms with Gasteiger partial charge < -0.3 is 0 Å². The van der Waals surface area contributed by atoms with Crippen molar-refractivity contribution in [1.29, 1.82) is 0 Å². The van der Waals surface area contributed by atoms with Crippen molar-refractivity contribution in [3.05, 3.63) is 56.7 Å². The molecule has 2 aromatic carbocycles. The summed E-state index contributed by atoms with van der Waals surface area (Å²) in [6.45, 7) is 1.89. The van der Waals surface area contributed by atoms with E-state index in [1.54, 1.807) is 0 Å². The first-order valence-corrected chi connectivity index (χ1v) is 8.23. The van der Waals surface area contributed by atoms with Gasteiger partial charge in [-0.1, -0.05) is 23.2 Å². The molecule has 1 atom stereocenters. The van der Waals surface area contributed by atoms with Crippen LogP contribution in [0.15, 0.2) is 40.9 Å². The maximum absolute atomic E-state index is 6.29. The van der Waals surface area contributed by atoms with Gasteiger partial charge in [0.05, 0.1) is 21.4 Å². The van der Waals surface area contributed by atoms with Gasteiger partial charge in [0.15, 0.2) is 0 Å². The van der Waals surface area contributed by atoms with Crippen molar-refractivity contribution >= 4 is 61.8 Å². The minimum Gasteiger partial charge on any atom is -0.295 e. The van der Waals surface area contributed by atoms with Gasteiger partial charge >= 0.3 is 0 Å².